The van der Waals surface area contributed by atoms with Crippen LogP contribution >= 0.6 is 51.0 Å². The number of hydrogen-bond donors (Lipinski definition) is 0. The van der Waals surface area contributed by atoms with E-state index < -0.39 is 0 Å². The molecule has 2 heterocycles. The summed E-state index contributed by atoms with van der Waals surface area (Å²) >= 11 is 6.68. The largest absolute Gasteiger partial charge is 0.302 e. The van der Waals surface area contributed by atoms with E-state index >= 15 is 0 Å². The number of aromatic nitrogens is 1. The van der Waals surface area contributed by atoms with Gasteiger partial charge in [0.05, 0.1) is 10.2 Å². The molecular weight excluding hydrogens is 478 g/mol. The quantitative estimate of drug-likeness (QED) is 0.360. The Labute approximate surface area is 188 Å². The third kappa shape index (κ3) is 5.87. The van der Waals surface area contributed by atoms with E-state index in [2.05, 4.69) is 34.7 Å². The Bertz CT molecular complexity index is 923. The molecule has 3 rings (SSSR count). The van der Waals surface area contributed by atoms with Gasteiger partial charge in [-0.3, -0.25) is 9.69 Å². The number of amides is 1. The zero-order valence-corrected chi connectivity index (χ0v) is 19.8. The van der Waals surface area contributed by atoms with Crippen LogP contribution in [0.4, 0.5) is 5.13 Å². The molecule has 3 aromatic rings. The molecule has 0 saturated carbocycles. The van der Waals surface area contributed by atoms with Gasteiger partial charge >= 0.3 is 0 Å². The van der Waals surface area contributed by atoms with E-state index in [4.69, 9.17) is 4.98 Å². The topological polar surface area (TPSA) is 36.4 Å². The van der Waals surface area contributed by atoms with Crippen molar-refractivity contribution < 1.29 is 4.79 Å². The third-order valence-electron chi connectivity index (χ3n) is 4.30. The first-order valence-electron chi connectivity index (χ1n) is 8.92. The molecule has 0 bridgehead atoms. The van der Waals surface area contributed by atoms with Crippen LogP contribution in [0, 0.1) is 0 Å². The van der Waals surface area contributed by atoms with Gasteiger partial charge in [0.2, 0.25) is 0 Å². The molecule has 150 valence electrons. The van der Waals surface area contributed by atoms with Crippen molar-refractivity contribution in [3.8, 4) is 0 Å². The maximum atomic E-state index is 13.0. The molecule has 2 aromatic heterocycles. The van der Waals surface area contributed by atoms with E-state index in [1.54, 1.807) is 33.6 Å². The molecule has 0 spiro atoms. The Hall–Kier alpha value is -1.25. The van der Waals surface area contributed by atoms with Gasteiger partial charge < -0.3 is 4.90 Å². The SMILES string of the molecule is CCN(CC)CCN(C(=O)/C=C/c1cccs1)c1nc2ccc(Br)cc2s1.Cl. The predicted molar refractivity (Wildman–Crippen MR) is 128 cm³/mol. The van der Waals surface area contributed by atoms with Crippen molar-refractivity contribution in [2.24, 2.45) is 0 Å². The number of thiazole rings is 1. The first-order valence-corrected chi connectivity index (χ1v) is 11.4. The zero-order chi connectivity index (χ0) is 19.2. The molecule has 8 heteroatoms. The molecule has 1 amide bonds. The van der Waals surface area contributed by atoms with Crippen LogP contribution in [0.15, 0.2) is 46.3 Å². The van der Waals surface area contributed by atoms with Gasteiger partial charge in [0.15, 0.2) is 5.13 Å². The normalized spacial score (nSPS) is 11.3. The average Bonchev–Trinajstić information content (AvgIpc) is 3.32. The summed E-state index contributed by atoms with van der Waals surface area (Å²) in [5, 5.41) is 2.75. The van der Waals surface area contributed by atoms with Crippen molar-refractivity contribution in [3.05, 3.63) is 51.1 Å². The van der Waals surface area contributed by atoms with E-state index in [0.717, 1.165) is 44.3 Å². The summed E-state index contributed by atoms with van der Waals surface area (Å²) in [6.45, 7) is 7.66. The monoisotopic (exact) mass is 499 g/mol. The van der Waals surface area contributed by atoms with Crippen molar-refractivity contribution in [3.63, 3.8) is 0 Å². The van der Waals surface area contributed by atoms with Crippen LogP contribution in [0.1, 0.15) is 18.7 Å². The van der Waals surface area contributed by atoms with Gasteiger partial charge in [-0.05, 0) is 48.8 Å². The number of halogens is 2. The second kappa shape index (κ2) is 11.1. The fourth-order valence-corrected chi connectivity index (χ4v) is 4.88. The lowest BCUT2D eigenvalue weighted by Gasteiger charge is -2.23. The van der Waals surface area contributed by atoms with Crippen LogP contribution in [-0.4, -0.2) is 42.0 Å². The Morgan fingerprint density at radius 3 is 2.68 bits per heavy atom. The number of benzene rings is 1. The fraction of sp³-hybridized carbons (Fsp3) is 0.300. The van der Waals surface area contributed by atoms with E-state index in [9.17, 15) is 4.79 Å². The molecular formula is C20H23BrClN3OS2. The number of rotatable bonds is 8. The van der Waals surface area contributed by atoms with Crippen molar-refractivity contribution in [1.29, 1.82) is 0 Å². The summed E-state index contributed by atoms with van der Waals surface area (Å²) in [5.41, 5.74) is 0.918. The standard InChI is InChI=1S/C20H22BrN3OS2.ClH/c1-3-23(4-2)11-12-24(19(25)10-8-16-6-5-13-26-16)20-22-17-9-7-15(21)14-18(17)27-20;/h5-10,13-14H,3-4,11-12H2,1-2H3;1H/b10-8+;. The van der Waals surface area contributed by atoms with E-state index in [0.29, 0.717) is 6.54 Å². The minimum Gasteiger partial charge on any atom is -0.302 e. The highest BCUT2D eigenvalue weighted by Crippen LogP contribution is 2.31. The maximum Gasteiger partial charge on any atom is 0.252 e. The van der Waals surface area contributed by atoms with Crippen LogP contribution in [0.25, 0.3) is 16.3 Å². The van der Waals surface area contributed by atoms with E-state index in [1.165, 1.54) is 0 Å². The lowest BCUT2D eigenvalue weighted by Crippen LogP contribution is -2.38. The van der Waals surface area contributed by atoms with Crippen molar-refractivity contribution in [2.45, 2.75) is 13.8 Å². The van der Waals surface area contributed by atoms with Gasteiger partial charge in [0.25, 0.3) is 5.91 Å². The summed E-state index contributed by atoms with van der Waals surface area (Å²) < 4.78 is 2.09. The Kier molecular flexibility index (Phi) is 9.11. The molecule has 0 saturated heterocycles. The number of fused-ring (bicyclic) bond motifs is 1. The molecule has 0 unspecified atom stereocenters. The minimum absolute atomic E-state index is 0. The highest BCUT2D eigenvalue weighted by molar-refractivity contribution is 9.10. The van der Waals surface area contributed by atoms with Crippen LogP contribution in [0.3, 0.4) is 0 Å². The molecule has 1 aromatic carbocycles. The van der Waals surface area contributed by atoms with Crippen LogP contribution < -0.4 is 4.90 Å². The molecule has 0 N–H and O–H groups in total. The Morgan fingerprint density at radius 1 is 1.21 bits per heavy atom. The number of nitrogens with zero attached hydrogens (tertiary/aromatic N) is 3. The zero-order valence-electron chi connectivity index (χ0n) is 15.8. The lowest BCUT2D eigenvalue weighted by molar-refractivity contribution is -0.114. The van der Waals surface area contributed by atoms with Crippen molar-refractivity contribution in [2.75, 3.05) is 31.1 Å². The molecule has 0 aliphatic heterocycles. The van der Waals surface area contributed by atoms with Crippen molar-refractivity contribution >= 4 is 78.3 Å². The van der Waals surface area contributed by atoms with E-state index in [-0.39, 0.29) is 18.3 Å². The third-order valence-corrected chi connectivity index (χ3v) is 6.68. The predicted octanol–water partition coefficient (Wildman–Crippen LogP) is 5.93. The number of hydrogen-bond acceptors (Lipinski definition) is 5. The Balaban J connectivity index is 0.00000280. The number of carbonyl (C=O) groups is 1. The average molecular weight is 501 g/mol. The second-order valence-corrected chi connectivity index (χ2v) is 8.88. The van der Waals surface area contributed by atoms with Gasteiger partial charge in [0.1, 0.15) is 0 Å². The maximum absolute atomic E-state index is 13.0. The van der Waals surface area contributed by atoms with Crippen LogP contribution in [0.2, 0.25) is 0 Å². The second-order valence-electron chi connectivity index (χ2n) is 5.97. The summed E-state index contributed by atoms with van der Waals surface area (Å²) in [6.07, 6.45) is 3.53. The number of thiophene rings is 1. The summed E-state index contributed by atoms with van der Waals surface area (Å²) in [6, 6.07) is 9.99. The fourth-order valence-electron chi connectivity index (χ4n) is 2.71. The molecule has 28 heavy (non-hydrogen) atoms. The number of anilines is 1. The molecule has 0 fully saturated rings. The van der Waals surface area contributed by atoms with Gasteiger partial charge in [-0.25, -0.2) is 4.98 Å². The molecule has 0 aliphatic rings. The van der Waals surface area contributed by atoms with Crippen molar-refractivity contribution in [1.82, 2.24) is 9.88 Å². The highest BCUT2D eigenvalue weighted by atomic mass is 79.9. The van der Waals surface area contributed by atoms with Crippen LogP contribution in [0.5, 0.6) is 0 Å². The van der Waals surface area contributed by atoms with Gasteiger partial charge in [-0.15, -0.1) is 23.7 Å². The summed E-state index contributed by atoms with van der Waals surface area (Å²) in [7, 11) is 0. The molecule has 4 nitrogen and oxygen atoms in total. The van der Waals surface area contributed by atoms with E-state index in [1.807, 2.05) is 41.8 Å². The van der Waals surface area contributed by atoms with Crippen LogP contribution in [-0.2, 0) is 4.79 Å². The van der Waals surface area contributed by atoms with Gasteiger partial charge in [-0.2, -0.15) is 0 Å². The molecule has 0 radical (unpaired) electrons. The first-order chi connectivity index (χ1) is 13.1. The summed E-state index contributed by atoms with van der Waals surface area (Å²) in [4.78, 5) is 22.8. The highest BCUT2D eigenvalue weighted by Gasteiger charge is 2.18. The van der Waals surface area contributed by atoms with Gasteiger partial charge in [0, 0.05) is 28.5 Å². The minimum atomic E-state index is -0.0336. The molecule has 0 atom stereocenters. The lowest BCUT2D eigenvalue weighted by atomic mass is 10.3. The number of likely N-dealkylation sites (N-methyl/N-ethyl adjacent to an activating group) is 1. The first kappa shape index (κ1) is 23.0. The number of carbonyl (C=O) groups excluding carboxylic acids is 1. The Morgan fingerprint density at radius 2 is 2.00 bits per heavy atom. The van der Waals surface area contributed by atoms with Gasteiger partial charge in [-0.1, -0.05) is 47.2 Å². The smallest absolute Gasteiger partial charge is 0.252 e. The molecule has 0 aliphatic carbocycles. The summed E-state index contributed by atoms with van der Waals surface area (Å²) in [5.74, 6) is -0.0336.